The number of carbonyl (C=O) groups excluding carboxylic acids is 1. The minimum Gasteiger partial charge on any atom is -0.504 e. The molecule has 2 aromatic carbocycles. The van der Waals surface area contributed by atoms with E-state index in [1.165, 1.54) is 0 Å². The highest BCUT2D eigenvalue weighted by Gasteiger charge is 2.12. The van der Waals surface area contributed by atoms with Crippen LogP contribution in [0, 0.1) is 0 Å². The maximum absolute atomic E-state index is 10.7. The van der Waals surface area contributed by atoms with Crippen molar-refractivity contribution in [2.24, 2.45) is 0 Å². The van der Waals surface area contributed by atoms with Crippen LogP contribution in [-0.2, 0) is 0 Å². The summed E-state index contributed by atoms with van der Waals surface area (Å²) in [7, 11) is 0. The smallest absolute Gasteiger partial charge is 0.177 e. The second kappa shape index (κ2) is 3.10. The number of phenolic OH excluding ortho intramolecular Hbond substituents is 1. The molecule has 0 bridgehead atoms. The van der Waals surface area contributed by atoms with Crippen molar-refractivity contribution in [1.29, 1.82) is 0 Å². The second-order valence-corrected chi connectivity index (χ2v) is 3.60. The van der Waals surface area contributed by atoms with E-state index in [9.17, 15) is 9.90 Å². The SMILES string of the molecule is O=Cc1ccc2c(oc3ccccc32)c1O. The maximum atomic E-state index is 10.7. The summed E-state index contributed by atoms with van der Waals surface area (Å²) in [4.78, 5) is 10.7. The summed E-state index contributed by atoms with van der Waals surface area (Å²) in [5.74, 6) is -0.0938. The third-order valence-electron chi connectivity index (χ3n) is 2.68. The number of rotatable bonds is 1. The van der Waals surface area contributed by atoms with Crippen LogP contribution in [-0.4, -0.2) is 11.4 Å². The molecule has 1 N–H and O–H groups in total. The van der Waals surface area contributed by atoms with E-state index in [4.69, 9.17) is 4.42 Å². The van der Waals surface area contributed by atoms with E-state index in [1.54, 1.807) is 12.1 Å². The number of furan rings is 1. The first-order valence-electron chi connectivity index (χ1n) is 4.89. The summed E-state index contributed by atoms with van der Waals surface area (Å²) in [6, 6.07) is 10.9. The van der Waals surface area contributed by atoms with E-state index in [-0.39, 0.29) is 11.3 Å². The molecule has 0 aliphatic heterocycles. The Kier molecular flexibility index (Phi) is 1.74. The average Bonchev–Trinajstić information content (AvgIpc) is 2.69. The van der Waals surface area contributed by atoms with Crippen molar-refractivity contribution in [1.82, 2.24) is 0 Å². The highest BCUT2D eigenvalue weighted by Crippen LogP contribution is 2.35. The van der Waals surface area contributed by atoms with Gasteiger partial charge in [0.2, 0.25) is 0 Å². The van der Waals surface area contributed by atoms with Crippen molar-refractivity contribution in [2.75, 3.05) is 0 Å². The summed E-state index contributed by atoms with van der Waals surface area (Å²) < 4.78 is 5.52. The van der Waals surface area contributed by atoms with Gasteiger partial charge in [0, 0.05) is 10.8 Å². The van der Waals surface area contributed by atoms with Gasteiger partial charge in [0.1, 0.15) is 5.58 Å². The van der Waals surface area contributed by atoms with Gasteiger partial charge >= 0.3 is 0 Å². The molecule has 0 saturated carbocycles. The van der Waals surface area contributed by atoms with Gasteiger partial charge in [-0.3, -0.25) is 4.79 Å². The lowest BCUT2D eigenvalue weighted by atomic mass is 10.1. The summed E-state index contributed by atoms with van der Waals surface area (Å²) in [6.45, 7) is 0. The molecule has 1 heterocycles. The first-order chi connectivity index (χ1) is 7.81. The molecule has 78 valence electrons. The Labute approximate surface area is 90.9 Å². The molecule has 3 rings (SSSR count). The van der Waals surface area contributed by atoms with Crippen LogP contribution in [0.2, 0.25) is 0 Å². The van der Waals surface area contributed by atoms with Gasteiger partial charge in [-0.25, -0.2) is 0 Å². The van der Waals surface area contributed by atoms with Crippen molar-refractivity contribution < 1.29 is 14.3 Å². The van der Waals surface area contributed by atoms with E-state index in [0.717, 1.165) is 10.8 Å². The van der Waals surface area contributed by atoms with Gasteiger partial charge in [-0.15, -0.1) is 0 Å². The Bertz CT molecular complexity index is 695. The van der Waals surface area contributed by atoms with Gasteiger partial charge in [0.25, 0.3) is 0 Å². The van der Waals surface area contributed by atoms with Crippen LogP contribution in [0.4, 0.5) is 0 Å². The zero-order chi connectivity index (χ0) is 11.1. The first kappa shape index (κ1) is 8.97. The molecule has 0 unspecified atom stereocenters. The summed E-state index contributed by atoms with van der Waals surface area (Å²) in [5.41, 5.74) is 1.31. The molecule has 0 saturated heterocycles. The molecule has 0 spiro atoms. The molecule has 16 heavy (non-hydrogen) atoms. The minimum atomic E-state index is -0.0938. The van der Waals surface area contributed by atoms with Crippen molar-refractivity contribution in [2.45, 2.75) is 0 Å². The zero-order valence-electron chi connectivity index (χ0n) is 8.31. The van der Waals surface area contributed by atoms with Crippen molar-refractivity contribution in [3.8, 4) is 5.75 Å². The number of phenols is 1. The quantitative estimate of drug-likeness (QED) is 0.630. The van der Waals surface area contributed by atoms with Crippen LogP contribution in [0.15, 0.2) is 40.8 Å². The predicted octanol–water partition coefficient (Wildman–Crippen LogP) is 3.10. The lowest BCUT2D eigenvalue weighted by Gasteiger charge is -1.96. The highest BCUT2D eigenvalue weighted by atomic mass is 16.4. The fourth-order valence-electron chi connectivity index (χ4n) is 1.89. The Morgan fingerprint density at radius 3 is 2.69 bits per heavy atom. The summed E-state index contributed by atoms with van der Waals surface area (Å²) in [5, 5.41) is 11.6. The number of fused-ring (bicyclic) bond motifs is 3. The van der Waals surface area contributed by atoms with E-state index < -0.39 is 0 Å². The number of benzene rings is 2. The van der Waals surface area contributed by atoms with Gasteiger partial charge < -0.3 is 9.52 Å². The minimum absolute atomic E-state index is 0.0938. The molecule has 1 aromatic heterocycles. The number of aromatic hydroxyl groups is 1. The Hall–Kier alpha value is -2.29. The molecule has 3 nitrogen and oxygen atoms in total. The van der Waals surface area contributed by atoms with Crippen molar-refractivity contribution >= 4 is 28.2 Å². The monoisotopic (exact) mass is 212 g/mol. The zero-order valence-corrected chi connectivity index (χ0v) is 8.31. The van der Waals surface area contributed by atoms with Gasteiger partial charge in [-0.1, -0.05) is 18.2 Å². The van der Waals surface area contributed by atoms with Crippen LogP contribution < -0.4 is 0 Å². The van der Waals surface area contributed by atoms with E-state index >= 15 is 0 Å². The number of aldehydes is 1. The van der Waals surface area contributed by atoms with Crippen LogP contribution in [0.3, 0.4) is 0 Å². The van der Waals surface area contributed by atoms with Gasteiger partial charge in [0.05, 0.1) is 5.56 Å². The molecule has 0 fully saturated rings. The van der Waals surface area contributed by atoms with E-state index in [2.05, 4.69) is 0 Å². The molecule has 3 aromatic rings. The first-order valence-corrected chi connectivity index (χ1v) is 4.89. The predicted molar refractivity (Wildman–Crippen MR) is 60.8 cm³/mol. The van der Waals surface area contributed by atoms with Gasteiger partial charge in [-0.05, 0) is 18.2 Å². The molecule has 0 radical (unpaired) electrons. The van der Waals surface area contributed by atoms with Crippen LogP contribution in [0.25, 0.3) is 21.9 Å². The number of hydrogen-bond donors (Lipinski definition) is 1. The molecule has 3 heteroatoms. The lowest BCUT2D eigenvalue weighted by molar-refractivity contribution is 0.112. The number of para-hydroxylation sites is 1. The van der Waals surface area contributed by atoms with Crippen LogP contribution in [0.1, 0.15) is 10.4 Å². The van der Waals surface area contributed by atoms with Crippen LogP contribution >= 0.6 is 0 Å². The molecule has 0 aliphatic rings. The molecule has 0 amide bonds. The topological polar surface area (TPSA) is 50.4 Å². The van der Waals surface area contributed by atoms with Crippen LogP contribution in [0.5, 0.6) is 5.75 Å². The Morgan fingerprint density at radius 2 is 1.88 bits per heavy atom. The second-order valence-electron chi connectivity index (χ2n) is 3.60. The van der Waals surface area contributed by atoms with E-state index in [1.807, 2.05) is 24.3 Å². The van der Waals surface area contributed by atoms with Gasteiger partial charge in [0.15, 0.2) is 17.6 Å². The van der Waals surface area contributed by atoms with Gasteiger partial charge in [-0.2, -0.15) is 0 Å². The standard InChI is InChI=1S/C13H8O3/c14-7-8-5-6-10-9-3-1-2-4-11(9)16-13(10)12(8)15/h1-7,15H. The largest absolute Gasteiger partial charge is 0.504 e. The summed E-state index contributed by atoms with van der Waals surface area (Å²) >= 11 is 0. The van der Waals surface area contributed by atoms with Crippen molar-refractivity contribution in [3.05, 3.63) is 42.0 Å². The lowest BCUT2D eigenvalue weighted by Crippen LogP contribution is -1.80. The fourth-order valence-corrected chi connectivity index (χ4v) is 1.89. The van der Waals surface area contributed by atoms with E-state index in [0.29, 0.717) is 17.5 Å². The normalized spacial score (nSPS) is 11.0. The third-order valence-corrected chi connectivity index (χ3v) is 2.68. The maximum Gasteiger partial charge on any atom is 0.177 e. The highest BCUT2D eigenvalue weighted by molar-refractivity contribution is 6.08. The molecule has 0 atom stereocenters. The van der Waals surface area contributed by atoms with Crippen molar-refractivity contribution in [3.63, 3.8) is 0 Å². The summed E-state index contributed by atoms with van der Waals surface area (Å²) in [6.07, 6.45) is 0.613. The third kappa shape index (κ3) is 1.05. The Balaban J connectivity index is 2.54. The number of hydrogen-bond acceptors (Lipinski definition) is 3. The Morgan fingerprint density at radius 1 is 1.06 bits per heavy atom. The molecular formula is C13H8O3. The molecular weight excluding hydrogens is 204 g/mol. The molecule has 0 aliphatic carbocycles. The fraction of sp³-hybridized carbons (Fsp3) is 0. The number of carbonyl (C=O) groups is 1. The average molecular weight is 212 g/mol.